The fourth-order valence-corrected chi connectivity index (χ4v) is 0.263. The summed E-state index contributed by atoms with van der Waals surface area (Å²) in [6.07, 6.45) is 2.53. The first-order valence-corrected chi connectivity index (χ1v) is 2.42. The van der Waals surface area contributed by atoms with Gasteiger partial charge in [0.25, 0.3) is 0 Å². The summed E-state index contributed by atoms with van der Waals surface area (Å²) in [7, 11) is 1.59. The molecule has 0 aromatic rings. The highest BCUT2D eigenvalue weighted by Crippen LogP contribution is 1.83. The van der Waals surface area contributed by atoms with Gasteiger partial charge >= 0.3 is 0 Å². The fourth-order valence-electron chi connectivity index (χ4n) is 0.263. The lowest BCUT2D eigenvalue weighted by Crippen LogP contribution is -1.84. The van der Waals surface area contributed by atoms with Crippen LogP contribution in [0.4, 0.5) is 0 Å². The standard InChI is InChI=1S/C6H10O2/c1-6(5-7)3-4-8-2/h3,5H,4H2,1-2H3. The van der Waals surface area contributed by atoms with Crippen LogP contribution in [0.1, 0.15) is 6.92 Å². The smallest absolute Gasteiger partial charge is 0.145 e. The highest BCUT2D eigenvalue weighted by atomic mass is 16.5. The predicted octanol–water partition coefficient (Wildman–Crippen LogP) is 0.778. The van der Waals surface area contributed by atoms with Crippen LogP contribution < -0.4 is 0 Å². The van der Waals surface area contributed by atoms with E-state index in [0.29, 0.717) is 12.2 Å². The van der Waals surface area contributed by atoms with Crippen LogP contribution in [0.15, 0.2) is 11.6 Å². The lowest BCUT2D eigenvalue weighted by Gasteiger charge is -1.87. The molecule has 0 heterocycles. The van der Waals surface area contributed by atoms with Gasteiger partial charge in [-0.2, -0.15) is 0 Å². The molecule has 0 atom stereocenters. The molecule has 0 saturated carbocycles. The molecule has 0 aliphatic carbocycles. The summed E-state index contributed by atoms with van der Waals surface area (Å²) >= 11 is 0. The molecule has 0 N–H and O–H groups in total. The van der Waals surface area contributed by atoms with E-state index in [-0.39, 0.29) is 0 Å². The van der Waals surface area contributed by atoms with Crippen LogP contribution in [0.2, 0.25) is 0 Å². The van der Waals surface area contributed by atoms with Crippen molar-refractivity contribution in [3.8, 4) is 0 Å². The Morgan fingerprint density at radius 2 is 2.38 bits per heavy atom. The van der Waals surface area contributed by atoms with E-state index >= 15 is 0 Å². The fraction of sp³-hybridized carbons (Fsp3) is 0.500. The van der Waals surface area contributed by atoms with Crippen LogP contribution >= 0.6 is 0 Å². The van der Waals surface area contributed by atoms with Crippen LogP contribution in [0, 0.1) is 0 Å². The number of carbonyl (C=O) groups is 1. The molecule has 0 unspecified atom stereocenters. The number of aldehydes is 1. The van der Waals surface area contributed by atoms with E-state index in [2.05, 4.69) is 4.74 Å². The largest absolute Gasteiger partial charge is 0.381 e. The van der Waals surface area contributed by atoms with Crippen molar-refractivity contribution in [1.29, 1.82) is 0 Å². The average Bonchev–Trinajstić information content (AvgIpc) is 1.83. The van der Waals surface area contributed by atoms with Crippen molar-refractivity contribution in [2.45, 2.75) is 6.92 Å². The van der Waals surface area contributed by atoms with Gasteiger partial charge in [0.2, 0.25) is 0 Å². The first kappa shape index (κ1) is 7.37. The Bertz CT molecular complexity index is 94.7. The Morgan fingerprint density at radius 3 is 2.75 bits per heavy atom. The summed E-state index contributed by atoms with van der Waals surface area (Å²) in [6, 6.07) is 0. The maximum atomic E-state index is 9.89. The Labute approximate surface area is 49.1 Å². The van der Waals surface area contributed by atoms with Crippen LogP contribution in [-0.2, 0) is 9.53 Å². The molecule has 0 saturated heterocycles. The Hall–Kier alpha value is -0.630. The van der Waals surface area contributed by atoms with Crippen LogP contribution in [0.5, 0.6) is 0 Å². The molecular formula is C6H10O2. The number of rotatable bonds is 3. The van der Waals surface area contributed by atoms with Crippen molar-refractivity contribution < 1.29 is 9.53 Å². The van der Waals surface area contributed by atoms with Crippen molar-refractivity contribution in [3.05, 3.63) is 11.6 Å². The lowest BCUT2D eigenvalue weighted by molar-refractivity contribution is -0.104. The van der Waals surface area contributed by atoms with Crippen LogP contribution in [-0.4, -0.2) is 20.0 Å². The second-order valence-corrected chi connectivity index (χ2v) is 1.52. The molecule has 0 spiro atoms. The van der Waals surface area contributed by atoms with E-state index in [1.165, 1.54) is 0 Å². The van der Waals surface area contributed by atoms with Gasteiger partial charge in [-0.3, -0.25) is 4.79 Å². The molecule has 8 heavy (non-hydrogen) atoms. The molecule has 46 valence electrons. The highest BCUT2D eigenvalue weighted by Gasteiger charge is 1.79. The summed E-state index contributed by atoms with van der Waals surface area (Å²) in [5.74, 6) is 0. The van der Waals surface area contributed by atoms with Crippen molar-refractivity contribution in [2.24, 2.45) is 0 Å². The molecule has 0 aliphatic heterocycles. The highest BCUT2D eigenvalue weighted by molar-refractivity contribution is 5.71. The third kappa shape index (κ3) is 3.56. The zero-order valence-electron chi connectivity index (χ0n) is 5.18. The molecule has 0 aromatic heterocycles. The summed E-state index contributed by atoms with van der Waals surface area (Å²) in [5, 5.41) is 0. The third-order valence-corrected chi connectivity index (χ3v) is 0.758. The number of ether oxygens (including phenoxy) is 1. The van der Waals surface area contributed by atoms with E-state index in [0.717, 1.165) is 6.29 Å². The molecular weight excluding hydrogens is 104 g/mol. The van der Waals surface area contributed by atoms with E-state index < -0.39 is 0 Å². The molecule has 2 nitrogen and oxygen atoms in total. The summed E-state index contributed by atoms with van der Waals surface area (Å²) < 4.78 is 4.68. The minimum atomic E-state index is 0.518. The number of hydrogen-bond acceptors (Lipinski definition) is 2. The van der Waals surface area contributed by atoms with Gasteiger partial charge in [-0.05, 0) is 12.5 Å². The Morgan fingerprint density at radius 1 is 1.75 bits per heavy atom. The quantitative estimate of drug-likeness (QED) is 0.400. The molecule has 0 aliphatic rings. The maximum absolute atomic E-state index is 9.89. The second-order valence-electron chi connectivity index (χ2n) is 1.52. The van der Waals surface area contributed by atoms with E-state index in [4.69, 9.17) is 0 Å². The molecule has 2 heteroatoms. The maximum Gasteiger partial charge on any atom is 0.145 e. The van der Waals surface area contributed by atoms with Gasteiger partial charge in [-0.25, -0.2) is 0 Å². The first-order chi connectivity index (χ1) is 3.81. The molecule has 0 aromatic carbocycles. The molecule has 0 bridgehead atoms. The van der Waals surface area contributed by atoms with Gasteiger partial charge in [0.1, 0.15) is 6.29 Å². The minimum Gasteiger partial charge on any atom is -0.381 e. The molecule has 0 radical (unpaired) electrons. The number of allylic oxidation sites excluding steroid dienone is 1. The number of hydrogen-bond donors (Lipinski definition) is 0. The summed E-state index contributed by atoms with van der Waals surface area (Å²) in [4.78, 5) is 9.89. The van der Waals surface area contributed by atoms with Crippen molar-refractivity contribution >= 4 is 6.29 Å². The van der Waals surface area contributed by atoms with Crippen LogP contribution in [0.3, 0.4) is 0 Å². The van der Waals surface area contributed by atoms with Gasteiger partial charge in [-0.15, -0.1) is 0 Å². The zero-order valence-corrected chi connectivity index (χ0v) is 5.18. The minimum absolute atomic E-state index is 0.518. The summed E-state index contributed by atoms with van der Waals surface area (Å²) in [5.41, 5.74) is 0.715. The Kier molecular flexibility index (Phi) is 4.17. The molecule has 0 amide bonds. The van der Waals surface area contributed by atoms with Gasteiger partial charge < -0.3 is 4.74 Å². The number of carbonyl (C=O) groups excluding carboxylic acids is 1. The molecule has 0 rings (SSSR count). The third-order valence-electron chi connectivity index (χ3n) is 0.758. The van der Waals surface area contributed by atoms with E-state index in [1.54, 1.807) is 20.1 Å². The topological polar surface area (TPSA) is 26.3 Å². The Balaban J connectivity index is 3.40. The second kappa shape index (κ2) is 4.53. The first-order valence-electron chi connectivity index (χ1n) is 2.42. The monoisotopic (exact) mass is 114 g/mol. The predicted molar refractivity (Wildman–Crippen MR) is 31.7 cm³/mol. The van der Waals surface area contributed by atoms with Gasteiger partial charge in [-0.1, -0.05) is 6.08 Å². The van der Waals surface area contributed by atoms with Gasteiger partial charge in [0.05, 0.1) is 6.61 Å². The van der Waals surface area contributed by atoms with Crippen molar-refractivity contribution in [3.63, 3.8) is 0 Å². The number of methoxy groups -OCH3 is 1. The zero-order chi connectivity index (χ0) is 6.41. The lowest BCUT2D eigenvalue weighted by atomic mass is 10.3. The van der Waals surface area contributed by atoms with Gasteiger partial charge in [0.15, 0.2) is 0 Å². The normalized spacial score (nSPS) is 11.5. The SMILES string of the molecule is COCC=C(C)C=O. The van der Waals surface area contributed by atoms with Gasteiger partial charge in [0, 0.05) is 7.11 Å². The van der Waals surface area contributed by atoms with E-state index in [9.17, 15) is 4.79 Å². The van der Waals surface area contributed by atoms with E-state index in [1.807, 2.05) is 0 Å². The average molecular weight is 114 g/mol. The summed E-state index contributed by atoms with van der Waals surface area (Å²) in [6.45, 7) is 2.26. The van der Waals surface area contributed by atoms with Crippen LogP contribution in [0.25, 0.3) is 0 Å². The van der Waals surface area contributed by atoms with Crippen molar-refractivity contribution in [1.82, 2.24) is 0 Å². The molecule has 0 fully saturated rings. The van der Waals surface area contributed by atoms with Crippen molar-refractivity contribution in [2.75, 3.05) is 13.7 Å².